The van der Waals surface area contributed by atoms with E-state index in [1.165, 1.54) is 0 Å². The van der Waals surface area contributed by atoms with Crippen LogP contribution < -0.4 is 0 Å². The Hall–Kier alpha value is -1.08. The van der Waals surface area contributed by atoms with E-state index in [4.69, 9.17) is 11.6 Å². The lowest BCUT2D eigenvalue weighted by molar-refractivity contribution is 1.09. The molecule has 1 heterocycles. The molecule has 0 atom stereocenters. The van der Waals surface area contributed by atoms with E-state index < -0.39 is 0 Å². The molecule has 13 heavy (non-hydrogen) atoms. The number of nitrogens with zero attached hydrogens (tertiary/aromatic N) is 1. The van der Waals surface area contributed by atoms with Gasteiger partial charge >= 0.3 is 0 Å². The van der Waals surface area contributed by atoms with Gasteiger partial charge in [-0.25, -0.2) is 0 Å². The molecule has 1 aliphatic rings. The van der Waals surface area contributed by atoms with Crippen LogP contribution in [0.3, 0.4) is 0 Å². The van der Waals surface area contributed by atoms with Crippen molar-refractivity contribution in [3.8, 4) is 0 Å². The van der Waals surface area contributed by atoms with Gasteiger partial charge in [0.15, 0.2) is 0 Å². The van der Waals surface area contributed by atoms with Crippen LogP contribution in [0.5, 0.6) is 0 Å². The van der Waals surface area contributed by atoms with Gasteiger partial charge in [-0.1, -0.05) is 29.8 Å². The number of hydrogen-bond acceptors (Lipinski definition) is 1. The Morgan fingerprint density at radius 3 is 2.46 bits per heavy atom. The summed E-state index contributed by atoms with van der Waals surface area (Å²) < 4.78 is 0. The zero-order valence-electron chi connectivity index (χ0n) is 7.20. The fourth-order valence-electron chi connectivity index (χ4n) is 1.32. The molecule has 2 rings (SSSR count). The Labute approximate surface area is 82.8 Å². The van der Waals surface area contributed by atoms with E-state index in [0.717, 1.165) is 29.1 Å². The van der Waals surface area contributed by atoms with Crippen LogP contribution in [0.25, 0.3) is 5.70 Å². The van der Waals surface area contributed by atoms with E-state index in [2.05, 4.69) is 11.1 Å². The van der Waals surface area contributed by atoms with Crippen molar-refractivity contribution < 1.29 is 0 Å². The molecule has 2 heteroatoms. The van der Waals surface area contributed by atoms with Gasteiger partial charge in [0.25, 0.3) is 0 Å². The summed E-state index contributed by atoms with van der Waals surface area (Å²) >= 11 is 5.79. The Morgan fingerprint density at radius 1 is 1.08 bits per heavy atom. The first kappa shape index (κ1) is 8.52. The van der Waals surface area contributed by atoms with Crippen LogP contribution in [0.4, 0.5) is 0 Å². The fourth-order valence-corrected chi connectivity index (χ4v) is 1.45. The molecule has 0 radical (unpaired) electrons. The molecule has 0 aromatic heterocycles. The SMILES string of the molecule is Clc1ccc(C2=CCCC=N2)cc1. The molecule has 66 valence electrons. The van der Waals surface area contributed by atoms with Crippen LogP contribution in [0.2, 0.25) is 5.02 Å². The highest BCUT2D eigenvalue weighted by Gasteiger charge is 2.01. The minimum Gasteiger partial charge on any atom is -0.261 e. The molecule has 0 aliphatic carbocycles. The molecule has 0 bridgehead atoms. The highest BCUT2D eigenvalue weighted by atomic mass is 35.5. The summed E-state index contributed by atoms with van der Waals surface area (Å²) in [7, 11) is 0. The van der Waals surface area contributed by atoms with Crippen molar-refractivity contribution >= 4 is 23.5 Å². The molecule has 1 nitrogen and oxygen atoms in total. The minimum absolute atomic E-state index is 0.768. The molecule has 0 saturated heterocycles. The fraction of sp³-hybridized carbons (Fsp3) is 0.182. The summed E-state index contributed by atoms with van der Waals surface area (Å²) in [6, 6.07) is 7.78. The number of allylic oxidation sites excluding steroid dienone is 1. The minimum atomic E-state index is 0.768. The predicted molar refractivity (Wildman–Crippen MR) is 57.2 cm³/mol. The quantitative estimate of drug-likeness (QED) is 0.644. The smallest absolute Gasteiger partial charge is 0.0658 e. The number of aliphatic imine (C=N–C) groups is 1. The molecule has 0 saturated carbocycles. The van der Waals surface area contributed by atoms with Gasteiger partial charge in [0.2, 0.25) is 0 Å². The highest BCUT2D eigenvalue weighted by Crippen LogP contribution is 2.21. The Kier molecular flexibility index (Phi) is 2.46. The molecule has 0 N–H and O–H groups in total. The van der Waals surface area contributed by atoms with E-state index in [0.29, 0.717) is 0 Å². The Balaban J connectivity index is 2.30. The first-order valence-corrected chi connectivity index (χ1v) is 4.73. The lowest BCUT2D eigenvalue weighted by atomic mass is 10.1. The molecular weight excluding hydrogens is 182 g/mol. The van der Waals surface area contributed by atoms with Crippen molar-refractivity contribution in [3.05, 3.63) is 40.9 Å². The van der Waals surface area contributed by atoms with Crippen LogP contribution >= 0.6 is 11.6 Å². The van der Waals surface area contributed by atoms with Crippen molar-refractivity contribution in [1.82, 2.24) is 0 Å². The zero-order valence-corrected chi connectivity index (χ0v) is 7.96. The maximum atomic E-state index is 5.79. The third-order valence-corrected chi connectivity index (χ3v) is 2.26. The number of halogens is 1. The van der Waals surface area contributed by atoms with Gasteiger partial charge in [-0.2, -0.15) is 0 Å². The van der Waals surface area contributed by atoms with Crippen molar-refractivity contribution in [2.75, 3.05) is 0 Å². The normalized spacial score (nSPS) is 15.6. The van der Waals surface area contributed by atoms with Gasteiger partial charge in [0.1, 0.15) is 0 Å². The van der Waals surface area contributed by atoms with E-state index in [9.17, 15) is 0 Å². The monoisotopic (exact) mass is 191 g/mol. The Morgan fingerprint density at radius 2 is 1.85 bits per heavy atom. The molecule has 0 fully saturated rings. The second-order valence-corrected chi connectivity index (χ2v) is 3.42. The maximum absolute atomic E-state index is 5.79. The van der Waals surface area contributed by atoms with Crippen molar-refractivity contribution in [3.63, 3.8) is 0 Å². The lowest BCUT2D eigenvalue weighted by Crippen LogP contribution is -1.88. The topological polar surface area (TPSA) is 12.4 Å². The van der Waals surface area contributed by atoms with E-state index in [-0.39, 0.29) is 0 Å². The summed E-state index contributed by atoms with van der Waals surface area (Å²) in [5.74, 6) is 0. The molecular formula is C11H10ClN. The predicted octanol–water partition coefficient (Wildman–Crippen LogP) is 3.55. The van der Waals surface area contributed by atoms with Gasteiger partial charge < -0.3 is 0 Å². The lowest BCUT2D eigenvalue weighted by Gasteiger charge is -2.05. The third-order valence-electron chi connectivity index (χ3n) is 2.00. The second-order valence-electron chi connectivity index (χ2n) is 2.99. The third kappa shape index (κ3) is 1.99. The van der Waals surface area contributed by atoms with Crippen molar-refractivity contribution in [2.45, 2.75) is 12.8 Å². The summed E-state index contributed by atoms with van der Waals surface area (Å²) in [5, 5.41) is 0.768. The van der Waals surface area contributed by atoms with Crippen LogP contribution in [-0.2, 0) is 0 Å². The van der Waals surface area contributed by atoms with Gasteiger partial charge in [-0.05, 0) is 30.5 Å². The largest absolute Gasteiger partial charge is 0.261 e. The zero-order chi connectivity index (χ0) is 9.10. The summed E-state index contributed by atoms with van der Waals surface area (Å²) in [5.41, 5.74) is 2.20. The van der Waals surface area contributed by atoms with Gasteiger partial charge in [0.05, 0.1) is 5.70 Å². The average molecular weight is 192 g/mol. The van der Waals surface area contributed by atoms with Crippen molar-refractivity contribution in [2.24, 2.45) is 4.99 Å². The van der Waals surface area contributed by atoms with E-state index in [1.807, 2.05) is 30.5 Å². The van der Waals surface area contributed by atoms with Crippen molar-refractivity contribution in [1.29, 1.82) is 0 Å². The maximum Gasteiger partial charge on any atom is 0.0658 e. The standard InChI is InChI=1S/C11H10ClN/c12-10-6-4-9(5-7-10)11-3-1-2-8-13-11/h3-8H,1-2H2. The van der Waals surface area contributed by atoms with Crippen LogP contribution in [-0.4, -0.2) is 6.21 Å². The summed E-state index contributed by atoms with van der Waals surface area (Å²) in [6.07, 6.45) is 6.26. The Bertz CT molecular complexity index is 349. The van der Waals surface area contributed by atoms with Gasteiger partial charge in [-0.3, -0.25) is 4.99 Å². The average Bonchev–Trinajstić information content (AvgIpc) is 2.20. The van der Waals surface area contributed by atoms with E-state index in [1.54, 1.807) is 0 Å². The second kappa shape index (κ2) is 3.75. The van der Waals surface area contributed by atoms with E-state index >= 15 is 0 Å². The first-order valence-electron chi connectivity index (χ1n) is 4.35. The molecule has 0 spiro atoms. The van der Waals surface area contributed by atoms with Gasteiger partial charge in [-0.15, -0.1) is 0 Å². The molecule has 0 unspecified atom stereocenters. The van der Waals surface area contributed by atoms with Crippen LogP contribution in [0, 0.1) is 0 Å². The number of hydrogen-bond donors (Lipinski definition) is 0. The molecule has 1 aromatic carbocycles. The summed E-state index contributed by atoms with van der Waals surface area (Å²) in [6.45, 7) is 0. The molecule has 1 aromatic rings. The van der Waals surface area contributed by atoms with Crippen LogP contribution in [0.15, 0.2) is 35.3 Å². The van der Waals surface area contributed by atoms with Crippen LogP contribution in [0.1, 0.15) is 18.4 Å². The molecule has 1 aliphatic heterocycles. The molecule has 0 amide bonds. The highest BCUT2D eigenvalue weighted by molar-refractivity contribution is 6.30. The number of rotatable bonds is 1. The summed E-state index contributed by atoms with van der Waals surface area (Å²) in [4.78, 5) is 4.32. The van der Waals surface area contributed by atoms with Gasteiger partial charge in [0, 0.05) is 11.2 Å². The first-order chi connectivity index (χ1) is 6.36. The number of benzene rings is 1.